The molecule has 1 aliphatic rings. The zero-order valence-electron chi connectivity index (χ0n) is 12.9. The van der Waals surface area contributed by atoms with Gasteiger partial charge in [0.05, 0.1) is 17.4 Å². The van der Waals surface area contributed by atoms with E-state index in [9.17, 15) is 14.7 Å². The summed E-state index contributed by atoms with van der Waals surface area (Å²) in [5.41, 5.74) is 1.86. The first-order chi connectivity index (χ1) is 11.8. The fourth-order valence-corrected chi connectivity index (χ4v) is 3.74. The van der Waals surface area contributed by atoms with Gasteiger partial charge in [0, 0.05) is 16.7 Å². The lowest BCUT2D eigenvalue weighted by Crippen LogP contribution is -2.40. The topological polar surface area (TPSA) is 73.6 Å². The van der Waals surface area contributed by atoms with E-state index < -0.39 is 18.4 Å². The van der Waals surface area contributed by atoms with Gasteiger partial charge in [-0.05, 0) is 36.8 Å². The van der Waals surface area contributed by atoms with Crippen LogP contribution in [0.15, 0.2) is 39.7 Å². The Morgan fingerprint density at radius 1 is 1.40 bits per heavy atom. The van der Waals surface area contributed by atoms with Crippen molar-refractivity contribution in [1.29, 1.82) is 0 Å². The number of rotatable bonds is 4. The van der Waals surface area contributed by atoms with Crippen LogP contribution in [0, 0.1) is 6.92 Å². The molecule has 0 spiro atoms. The summed E-state index contributed by atoms with van der Waals surface area (Å²) in [6.45, 7) is 1.38. The summed E-state index contributed by atoms with van der Waals surface area (Å²) in [6, 6.07) is 9.00. The summed E-state index contributed by atoms with van der Waals surface area (Å²) in [4.78, 5) is 24.2. The molecule has 1 aromatic heterocycles. The minimum absolute atomic E-state index is 0.179. The molecule has 0 unspecified atom stereocenters. The molecule has 0 radical (unpaired) electrons. The number of amides is 1. The molecule has 1 fully saturated rings. The van der Waals surface area contributed by atoms with Crippen molar-refractivity contribution in [2.45, 2.75) is 6.92 Å². The first kappa shape index (κ1) is 17.7. The van der Waals surface area contributed by atoms with E-state index in [4.69, 9.17) is 28.2 Å². The van der Waals surface area contributed by atoms with Crippen LogP contribution >= 0.6 is 35.6 Å². The van der Waals surface area contributed by atoms with E-state index in [1.165, 1.54) is 6.08 Å². The number of thiocarbonyl (C=S) groups is 1. The van der Waals surface area contributed by atoms with Crippen molar-refractivity contribution in [2.75, 3.05) is 6.54 Å². The van der Waals surface area contributed by atoms with Crippen molar-refractivity contribution >= 4 is 57.9 Å². The second kappa shape index (κ2) is 7.03. The molecule has 2 aromatic rings. The zero-order valence-corrected chi connectivity index (χ0v) is 15.3. The van der Waals surface area contributed by atoms with Crippen molar-refractivity contribution in [3.05, 3.63) is 51.6 Å². The summed E-state index contributed by atoms with van der Waals surface area (Å²) >= 11 is 12.1. The Hall–Kier alpha value is -2.09. The number of furan rings is 1. The predicted molar refractivity (Wildman–Crippen MR) is 98.8 cm³/mol. The van der Waals surface area contributed by atoms with Crippen LogP contribution < -0.4 is 5.11 Å². The van der Waals surface area contributed by atoms with E-state index in [1.54, 1.807) is 24.3 Å². The van der Waals surface area contributed by atoms with Crippen LogP contribution in [0.3, 0.4) is 0 Å². The predicted octanol–water partition coefficient (Wildman–Crippen LogP) is 2.86. The van der Waals surface area contributed by atoms with Gasteiger partial charge in [0.1, 0.15) is 15.8 Å². The standard InChI is InChI=1S/C17H12ClNO4S2/c1-9-2-3-10(18)6-12(9)13-5-4-11(23-13)7-14-16(22)19(8-15(20)21)17(24)25-14/h2-7H,8H2,1H3,(H,20,21)/p-1/b14-7-. The molecule has 0 bridgehead atoms. The number of thioether (sulfide) groups is 1. The van der Waals surface area contributed by atoms with Crippen LogP contribution in [0.25, 0.3) is 17.4 Å². The molecule has 0 N–H and O–H groups in total. The molecule has 8 heteroatoms. The zero-order chi connectivity index (χ0) is 18.1. The number of hydrogen-bond acceptors (Lipinski definition) is 6. The highest BCUT2D eigenvalue weighted by atomic mass is 35.5. The number of nitrogens with zero attached hydrogens (tertiary/aromatic N) is 1. The molecule has 1 aliphatic heterocycles. The van der Waals surface area contributed by atoms with Crippen molar-refractivity contribution in [3.63, 3.8) is 0 Å². The maximum atomic E-state index is 12.2. The van der Waals surface area contributed by atoms with Gasteiger partial charge in [-0.15, -0.1) is 0 Å². The van der Waals surface area contributed by atoms with Crippen LogP contribution in [0.1, 0.15) is 11.3 Å². The van der Waals surface area contributed by atoms with Gasteiger partial charge < -0.3 is 14.3 Å². The van der Waals surface area contributed by atoms with Crippen LogP contribution in [0.4, 0.5) is 0 Å². The van der Waals surface area contributed by atoms with Gasteiger partial charge in [0.2, 0.25) is 0 Å². The van der Waals surface area contributed by atoms with Gasteiger partial charge in [-0.2, -0.15) is 0 Å². The molecule has 0 atom stereocenters. The molecule has 5 nitrogen and oxygen atoms in total. The average molecular weight is 393 g/mol. The Labute approximate surface area is 158 Å². The number of halogens is 1. The SMILES string of the molecule is Cc1ccc(Cl)cc1-c1ccc(/C=C2\SC(=S)N(CC(=O)[O-])C2=O)o1. The third-order valence-electron chi connectivity index (χ3n) is 3.53. The average Bonchev–Trinajstić information content (AvgIpc) is 3.10. The lowest BCUT2D eigenvalue weighted by atomic mass is 10.1. The first-order valence-corrected chi connectivity index (χ1v) is 8.77. The highest BCUT2D eigenvalue weighted by molar-refractivity contribution is 8.26. The second-order valence-electron chi connectivity index (χ2n) is 5.30. The second-order valence-corrected chi connectivity index (χ2v) is 7.41. The number of aryl methyl sites for hydroxylation is 1. The highest BCUT2D eigenvalue weighted by Crippen LogP contribution is 2.34. The molecule has 1 amide bonds. The lowest BCUT2D eigenvalue weighted by Gasteiger charge is -2.14. The van der Waals surface area contributed by atoms with E-state index >= 15 is 0 Å². The minimum Gasteiger partial charge on any atom is -0.548 e. The van der Waals surface area contributed by atoms with Gasteiger partial charge in [0.25, 0.3) is 5.91 Å². The first-order valence-electron chi connectivity index (χ1n) is 7.17. The van der Waals surface area contributed by atoms with Crippen LogP contribution in [-0.4, -0.2) is 27.6 Å². The maximum absolute atomic E-state index is 12.2. The van der Waals surface area contributed by atoms with E-state index in [-0.39, 0.29) is 4.32 Å². The quantitative estimate of drug-likeness (QED) is 0.588. The number of carboxylic acid groups (broad SMARTS) is 1. The number of carboxylic acids is 1. The summed E-state index contributed by atoms with van der Waals surface area (Å²) in [5, 5.41) is 11.3. The normalized spacial score (nSPS) is 16.1. The number of benzene rings is 1. The maximum Gasteiger partial charge on any atom is 0.266 e. The number of aliphatic carboxylic acids is 1. The molecule has 128 valence electrons. The fraction of sp³-hybridized carbons (Fsp3) is 0.118. The number of carbonyl (C=O) groups is 2. The molecule has 0 saturated carbocycles. The molecule has 1 saturated heterocycles. The molecule has 0 aliphatic carbocycles. The third-order valence-corrected chi connectivity index (χ3v) is 5.14. The van der Waals surface area contributed by atoms with Crippen molar-refractivity contribution in [2.24, 2.45) is 0 Å². The summed E-state index contributed by atoms with van der Waals surface area (Å²) in [7, 11) is 0. The van der Waals surface area contributed by atoms with Crippen LogP contribution in [0.5, 0.6) is 0 Å². The molecule has 25 heavy (non-hydrogen) atoms. The third kappa shape index (κ3) is 3.78. The van der Waals surface area contributed by atoms with Gasteiger partial charge >= 0.3 is 0 Å². The molecular formula is C17H11ClNO4S2-. The van der Waals surface area contributed by atoms with E-state index in [0.29, 0.717) is 21.4 Å². The Morgan fingerprint density at radius 3 is 2.88 bits per heavy atom. The van der Waals surface area contributed by atoms with E-state index in [1.807, 2.05) is 13.0 Å². The van der Waals surface area contributed by atoms with Crippen LogP contribution in [-0.2, 0) is 9.59 Å². The Balaban J connectivity index is 1.87. The summed E-state index contributed by atoms with van der Waals surface area (Å²) < 4.78 is 5.95. The van der Waals surface area contributed by atoms with Gasteiger partial charge in [-0.3, -0.25) is 9.69 Å². The number of carbonyl (C=O) groups excluding carboxylic acids is 2. The van der Waals surface area contributed by atoms with E-state index in [2.05, 4.69) is 0 Å². The minimum atomic E-state index is -1.37. The molecule has 2 heterocycles. The van der Waals surface area contributed by atoms with Crippen LogP contribution in [0.2, 0.25) is 5.02 Å². The largest absolute Gasteiger partial charge is 0.548 e. The van der Waals surface area contributed by atoms with Gasteiger partial charge in [0.15, 0.2) is 0 Å². The lowest BCUT2D eigenvalue weighted by molar-refractivity contribution is -0.305. The van der Waals surface area contributed by atoms with E-state index in [0.717, 1.165) is 27.8 Å². The molecular weight excluding hydrogens is 382 g/mol. The summed E-state index contributed by atoms with van der Waals surface area (Å²) in [6.07, 6.45) is 1.54. The molecule has 3 rings (SSSR count). The Morgan fingerprint density at radius 2 is 2.16 bits per heavy atom. The smallest absolute Gasteiger partial charge is 0.266 e. The fourth-order valence-electron chi connectivity index (χ4n) is 2.33. The van der Waals surface area contributed by atoms with Crippen molar-refractivity contribution in [3.8, 4) is 11.3 Å². The highest BCUT2D eigenvalue weighted by Gasteiger charge is 2.32. The summed E-state index contributed by atoms with van der Waals surface area (Å²) in [5.74, 6) is -0.759. The molecule has 1 aromatic carbocycles. The van der Waals surface area contributed by atoms with Gasteiger partial charge in [-0.25, -0.2) is 0 Å². The van der Waals surface area contributed by atoms with Gasteiger partial charge in [-0.1, -0.05) is 41.6 Å². The Kier molecular flexibility index (Phi) is 4.99. The van der Waals surface area contributed by atoms with Crippen molar-refractivity contribution in [1.82, 2.24) is 4.90 Å². The number of hydrogen-bond donors (Lipinski definition) is 0. The van der Waals surface area contributed by atoms with Crippen molar-refractivity contribution < 1.29 is 19.1 Å². The monoisotopic (exact) mass is 392 g/mol. The Bertz CT molecular complexity index is 919.